The molecule has 0 radical (unpaired) electrons. The number of hydrogen-bond donors (Lipinski definition) is 2. The van der Waals surface area contributed by atoms with Crippen molar-refractivity contribution in [3.63, 3.8) is 0 Å². The number of methoxy groups -OCH3 is 1. The maximum atomic E-state index is 14.2. The molecule has 6 nitrogen and oxygen atoms in total. The molecule has 0 saturated carbocycles. The van der Waals surface area contributed by atoms with Crippen LogP contribution in [0.1, 0.15) is 43.0 Å². The van der Waals surface area contributed by atoms with Crippen LogP contribution in [0.4, 0.5) is 15.8 Å². The molecule has 160 valence electrons. The Bertz CT molecular complexity index is 897. The van der Waals surface area contributed by atoms with E-state index in [1.165, 1.54) is 32.1 Å². The van der Waals surface area contributed by atoms with E-state index in [-0.39, 0.29) is 11.5 Å². The normalized spacial score (nSPS) is 14.3. The van der Waals surface area contributed by atoms with E-state index in [9.17, 15) is 14.0 Å². The van der Waals surface area contributed by atoms with E-state index >= 15 is 0 Å². The van der Waals surface area contributed by atoms with Crippen LogP contribution >= 0.6 is 0 Å². The highest BCUT2D eigenvalue weighted by Gasteiger charge is 2.23. The second-order valence-electron chi connectivity index (χ2n) is 7.39. The van der Waals surface area contributed by atoms with Crippen molar-refractivity contribution in [3.8, 4) is 5.75 Å². The minimum absolute atomic E-state index is 0.124. The highest BCUT2D eigenvalue weighted by Crippen LogP contribution is 2.23. The van der Waals surface area contributed by atoms with E-state index in [1.807, 2.05) is 31.2 Å². The second-order valence-corrected chi connectivity index (χ2v) is 7.39. The number of hydrogen-bond acceptors (Lipinski definition) is 4. The molecule has 2 aromatic carbocycles. The van der Waals surface area contributed by atoms with E-state index in [0.717, 1.165) is 24.8 Å². The van der Waals surface area contributed by atoms with Gasteiger partial charge in [-0.15, -0.1) is 0 Å². The maximum absolute atomic E-state index is 14.2. The van der Waals surface area contributed by atoms with Gasteiger partial charge in [-0.25, -0.2) is 4.39 Å². The fourth-order valence-electron chi connectivity index (χ4n) is 3.59. The number of anilines is 2. The zero-order chi connectivity index (χ0) is 21.5. The molecule has 7 heteroatoms. The lowest BCUT2D eigenvalue weighted by molar-refractivity contribution is -0.118. The number of rotatable bonds is 8. The summed E-state index contributed by atoms with van der Waals surface area (Å²) in [6, 6.07) is 10.9. The van der Waals surface area contributed by atoms with Crippen molar-refractivity contribution in [1.82, 2.24) is 5.32 Å². The van der Waals surface area contributed by atoms with E-state index in [2.05, 4.69) is 15.5 Å². The third-order valence-corrected chi connectivity index (χ3v) is 5.20. The van der Waals surface area contributed by atoms with Crippen LogP contribution in [-0.4, -0.2) is 38.1 Å². The zero-order valence-corrected chi connectivity index (χ0v) is 17.4. The molecule has 1 saturated heterocycles. The van der Waals surface area contributed by atoms with E-state index in [4.69, 9.17) is 4.74 Å². The lowest BCUT2D eigenvalue weighted by Gasteiger charge is -2.20. The monoisotopic (exact) mass is 413 g/mol. The Kier molecular flexibility index (Phi) is 7.27. The summed E-state index contributed by atoms with van der Waals surface area (Å²) in [7, 11) is 1.43. The molecule has 0 bridgehead atoms. The van der Waals surface area contributed by atoms with Crippen LogP contribution < -0.4 is 20.3 Å². The minimum Gasteiger partial charge on any atom is -0.497 e. The van der Waals surface area contributed by atoms with Crippen molar-refractivity contribution < 1.29 is 18.7 Å². The Balaban J connectivity index is 1.69. The zero-order valence-electron chi connectivity index (χ0n) is 17.4. The first-order chi connectivity index (χ1) is 14.5. The van der Waals surface area contributed by atoms with Crippen LogP contribution in [0.15, 0.2) is 42.5 Å². The first-order valence-electron chi connectivity index (χ1n) is 10.3. The molecule has 0 spiro atoms. The molecule has 0 aromatic heterocycles. The van der Waals surface area contributed by atoms with Crippen LogP contribution in [0.3, 0.4) is 0 Å². The SMILES string of the molecule is CCCC(NC(=O)c1ccc(OC)cc1F)C(=O)Nc1cccc(N2CCCC2)c1. The average molecular weight is 413 g/mol. The first kappa shape index (κ1) is 21.6. The van der Waals surface area contributed by atoms with Gasteiger partial charge in [-0.3, -0.25) is 9.59 Å². The van der Waals surface area contributed by atoms with Crippen LogP contribution in [-0.2, 0) is 4.79 Å². The van der Waals surface area contributed by atoms with Gasteiger partial charge in [0, 0.05) is 30.5 Å². The Morgan fingerprint density at radius 2 is 1.93 bits per heavy atom. The Morgan fingerprint density at radius 1 is 1.17 bits per heavy atom. The third-order valence-electron chi connectivity index (χ3n) is 5.20. The Hall–Kier alpha value is -3.09. The number of amides is 2. The van der Waals surface area contributed by atoms with Gasteiger partial charge >= 0.3 is 0 Å². The molecule has 2 amide bonds. The van der Waals surface area contributed by atoms with Gasteiger partial charge in [0.25, 0.3) is 5.91 Å². The molecule has 0 aliphatic carbocycles. The molecule has 1 heterocycles. The summed E-state index contributed by atoms with van der Waals surface area (Å²) in [5.41, 5.74) is 1.62. The van der Waals surface area contributed by atoms with Gasteiger partial charge < -0.3 is 20.3 Å². The van der Waals surface area contributed by atoms with Gasteiger partial charge in [0.1, 0.15) is 17.6 Å². The fourth-order valence-corrected chi connectivity index (χ4v) is 3.59. The van der Waals surface area contributed by atoms with Crippen LogP contribution in [0, 0.1) is 5.82 Å². The van der Waals surface area contributed by atoms with Crippen molar-refractivity contribution in [2.75, 3.05) is 30.4 Å². The molecule has 1 aliphatic rings. The molecule has 2 N–H and O–H groups in total. The molecule has 1 aliphatic heterocycles. The quantitative estimate of drug-likeness (QED) is 0.687. The number of nitrogens with one attached hydrogen (secondary N) is 2. The maximum Gasteiger partial charge on any atom is 0.254 e. The third kappa shape index (κ3) is 5.28. The Labute approximate surface area is 176 Å². The largest absolute Gasteiger partial charge is 0.497 e. The van der Waals surface area contributed by atoms with E-state index in [1.54, 1.807) is 0 Å². The molecule has 1 unspecified atom stereocenters. The molecule has 30 heavy (non-hydrogen) atoms. The summed E-state index contributed by atoms with van der Waals surface area (Å²) in [5, 5.41) is 5.55. The number of nitrogens with zero attached hydrogens (tertiary/aromatic N) is 1. The van der Waals surface area contributed by atoms with Crippen molar-refractivity contribution in [1.29, 1.82) is 0 Å². The van der Waals surface area contributed by atoms with Gasteiger partial charge in [0.2, 0.25) is 5.91 Å². The lowest BCUT2D eigenvalue weighted by atomic mass is 10.1. The smallest absolute Gasteiger partial charge is 0.254 e. The van der Waals surface area contributed by atoms with E-state index in [0.29, 0.717) is 24.3 Å². The standard InChI is InChI=1S/C23H28FN3O3/c1-3-7-21(26-22(28)19-11-10-18(30-2)15-20(19)24)23(29)25-16-8-6-9-17(14-16)27-12-4-5-13-27/h6,8-11,14-15,21H,3-5,7,12-13H2,1-2H3,(H,25,29)(H,26,28). The van der Waals surface area contributed by atoms with Crippen LogP contribution in [0.2, 0.25) is 0 Å². The molecule has 2 aromatic rings. The number of carbonyl (C=O) groups excluding carboxylic acids is 2. The van der Waals surface area contributed by atoms with Crippen LogP contribution in [0.25, 0.3) is 0 Å². The van der Waals surface area contributed by atoms with Gasteiger partial charge in [-0.2, -0.15) is 0 Å². The second kappa shape index (κ2) is 10.1. The van der Waals surface area contributed by atoms with Crippen molar-refractivity contribution in [2.45, 2.75) is 38.6 Å². The number of ether oxygens (including phenoxy) is 1. The van der Waals surface area contributed by atoms with Gasteiger partial charge in [0.15, 0.2) is 0 Å². The molecule has 3 rings (SSSR count). The van der Waals surface area contributed by atoms with E-state index < -0.39 is 17.8 Å². The molecular formula is C23H28FN3O3. The van der Waals surface area contributed by atoms with Crippen molar-refractivity contribution >= 4 is 23.2 Å². The summed E-state index contributed by atoms with van der Waals surface area (Å²) in [6.45, 7) is 3.95. The Morgan fingerprint density at radius 3 is 2.60 bits per heavy atom. The van der Waals surface area contributed by atoms with Gasteiger partial charge in [0.05, 0.1) is 12.7 Å². The van der Waals surface area contributed by atoms with Crippen molar-refractivity contribution in [2.24, 2.45) is 0 Å². The summed E-state index contributed by atoms with van der Waals surface area (Å²) in [4.78, 5) is 27.7. The first-order valence-corrected chi connectivity index (χ1v) is 10.3. The summed E-state index contributed by atoms with van der Waals surface area (Å²) in [6.07, 6.45) is 3.48. The molecule has 1 atom stereocenters. The summed E-state index contributed by atoms with van der Waals surface area (Å²) in [5.74, 6) is -1.32. The van der Waals surface area contributed by atoms with Gasteiger partial charge in [-0.05, 0) is 49.6 Å². The minimum atomic E-state index is -0.764. The topological polar surface area (TPSA) is 70.7 Å². The average Bonchev–Trinajstić information content (AvgIpc) is 3.28. The highest BCUT2D eigenvalue weighted by atomic mass is 19.1. The molecular weight excluding hydrogens is 385 g/mol. The number of benzene rings is 2. The van der Waals surface area contributed by atoms with Gasteiger partial charge in [-0.1, -0.05) is 19.4 Å². The number of halogens is 1. The van der Waals surface area contributed by atoms with Crippen molar-refractivity contribution in [3.05, 3.63) is 53.8 Å². The van der Waals surface area contributed by atoms with Crippen LogP contribution in [0.5, 0.6) is 5.75 Å². The number of carbonyl (C=O) groups is 2. The fraction of sp³-hybridized carbons (Fsp3) is 0.391. The lowest BCUT2D eigenvalue weighted by Crippen LogP contribution is -2.44. The predicted octanol–water partition coefficient (Wildman–Crippen LogP) is 3.97. The summed E-state index contributed by atoms with van der Waals surface area (Å²) >= 11 is 0. The highest BCUT2D eigenvalue weighted by molar-refractivity contribution is 6.01. The summed E-state index contributed by atoms with van der Waals surface area (Å²) < 4.78 is 19.2. The predicted molar refractivity (Wildman–Crippen MR) is 116 cm³/mol. The molecule has 1 fully saturated rings.